The van der Waals surface area contributed by atoms with E-state index in [-0.39, 0.29) is 12.6 Å². The number of hydrogen-bond donors (Lipinski definition) is 0. The highest BCUT2D eigenvalue weighted by Crippen LogP contribution is 2.19. The third-order valence-corrected chi connectivity index (χ3v) is 5.81. The molecule has 0 N–H and O–H groups in total. The Kier molecular flexibility index (Phi) is 14.9. The number of carbonyl (C=O) groups is 2. The van der Waals surface area contributed by atoms with Crippen molar-refractivity contribution < 1.29 is 32.3 Å². The molecule has 25 heavy (non-hydrogen) atoms. The highest BCUT2D eigenvalue weighted by molar-refractivity contribution is 6.62. The van der Waals surface area contributed by atoms with Gasteiger partial charge in [0.05, 0.1) is 0 Å². The Labute approximate surface area is 151 Å². The molecular weight excluding hydrogens is 344 g/mol. The van der Waals surface area contributed by atoms with E-state index in [1.807, 2.05) is 6.92 Å². The van der Waals surface area contributed by atoms with Crippen LogP contribution in [0.1, 0.15) is 26.7 Å². The second kappa shape index (κ2) is 14.6. The summed E-state index contributed by atoms with van der Waals surface area (Å²) in [7, 11) is 1.53. The quantitative estimate of drug-likeness (QED) is 0.238. The normalized spacial score (nSPS) is 11.4. The minimum atomic E-state index is -2.94. The molecule has 0 rings (SSSR count). The fraction of sp³-hybridized carbons (Fsp3) is 0.529. The zero-order valence-electron chi connectivity index (χ0n) is 15.8. The SMILES string of the molecule is C=CC(=O)OC(CCC)[Si](OC)(OC)OC.C=CCOC(=O)C(=C)C. The highest BCUT2D eigenvalue weighted by atomic mass is 28.4. The van der Waals surface area contributed by atoms with Crippen molar-refractivity contribution in [3.05, 3.63) is 37.5 Å². The van der Waals surface area contributed by atoms with E-state index in [9.17, 15) is 9.59 Å². The van der Waals surface area contributed by atoms with Gasteiger partial charge in [0, 0.05) is 33.0 Å². The zero-order valence-corrected chi connectivity index (χ0v) is 16.8. The van der Waals surface area contributed by atoms with Crippen LogP contribution in [0.5, 0.6) is 0 Å². The molecule has 1 unspecified atom stereocenters. The number of rotatable bonds is 11. The molecule has 0 saturated heterocycles. The van der Waals surface area contributed by atoms with E-state index in [0.29, 0.717) is 12.0 Å². The van der Waals surface area contributed by atoms with Crippen molar-refractivity contribution in [2.24, 2.45) is 0 Å². The van der Waals surface area contributed by atoms with E-state index < -0.39 is 20.5 Å². The maximum atomic E-state index is 11.2. The summed E-state index contributed by atoms with van der Waals surface area (Å²) < 4.78 is 25.6. The Balaban J connectivity index is 0. The minimum absolute atomic E-state index is 0.256. The fourth-order valence-corrected chi connectivity index (χ4v) is 3.85. The van der Waals surface area contributed by atoms with Gasteiger partial charge in [0.25, 0.3) is 0 Å². The van der Waals surface area contributed by atoms with Gasteiger partial charge in [-0.05, 0) is 13.3 Å². The highest BCUT2D eigenvalue weighted by Gasteiger charge is 2.49. The van der Waals surface area contributed by atoms with Crippen molar-refractivity contribution in [2.45, 2.75) is 32.4 Å². The molecule has 0 amide bonds. The van der Waals surface area contributed by atoms with Gasteiger partial charge in [-0.15, -0.1) is 0 Å². The van der Waals surface area contributed by atoms with Crippen molar-refractivity contribution >= 4 is 20.7 Å². The lowest BCUT2D eigenvalue weighted by Crippen LogP contribution is -2.56. The molecule has 0 aliphatic carbocycles. The molecule has 0 fully saturated rings. The third-order valence-electron chi connectivity index (χ3n) is 2.90. The largest absolute Gasteiger partial charge is 0.543 e. The van der Waals surface area contributed by atoms with Gasteiger partial charge >= 0.3 is 20.7 Å². The lowest BCUT2D eigenvalue weighted by molar-refractivity contribution is -0.143. The second-order valence-corrected chi connectivity index (χ2v) is 7.88. The van der Waals surface area contributed by atoms with E-state index in [0.717, 1.165) is 12.5 Å². The summed E-state index contributed by atoms with van der Waals surface area (Å²) in [5, 5.41) is 0. The zero-order chi connectivity index (χ0) is 19.9. The van der Waals surface area contributed by atoms with Gasteiger partial charge in [-0.2, -0.15) is 0 Å². The van der Waals surface area contributed by atoms with Crippen molar-refractivity contribution in [3.63, 3.8) is 0 Å². The second-order valence-electron chi connectivity index (χ2n) is 4.80. The topological polar surface area (TPSA) is 80.3 Å². The van der Waals surface area contributed by atoms with Gasteiger partial charge in [-0.3, -0.25) is 0 Å². The summed E-state index contributed by atoms with van der Waals surface area (Å²) >= 11 is 0. The molecule has 1 atom stereocenters. The van der Waals surface area contributed by atoms with Gasteiger partial charge in [-0.1, -0.05) is 39.2 Å². The first kappa shape index (κ1) is 25.5. The van der Waals surface area contributed by atoms with E-state index >= 15 is 0 Å². The van der Waals surface area contributed by atoms with Crippen LogP contribution in [0, 0.1) is 0 Å². The molecular formula is C17H30O7Si. The fourth-order valence-electron chi connectivity index (χ4n) is 1.66. The molecule has 0 bridgehead atoms. The third kappa shape index (κ3) is 9.98. The summed E-state index contributed by atoms with van der Waals surface area (Å²) in [6, 6.07) is 0. The Morgan fingerprint density at radius 3 is 1.96 bits per heavy atom. The number of carbonyl (C=O) groups excluding carboxylic acids is 2. The Bertz CT molecular complexity index is 436. The van der Waals surface area contributed by atoms with Gasteiger partial charge in [0.1, 0.15) is 6.61 Å². The summed E-state index contributed by atoms with van der Waals surface area (Å²) in [6.07, 6.45) is 4.09. The number of esters is 2. The summed E-state index contributed by atoms with van der Waals surface area (Å²) in [4.78, 5) is 21.7. The molecule has 0 aliphatic heterocycles. The van der Waals surface area contributed by atoms with Crippen LogP contribution in [0.15, 0.2) is 37.5 Å². The van der Waals surface area contributed by atoms with Gasteiger partial charge < -0.3 is 22.8 Å². The standard InChI is InChI=1S/C10H20O5Si.C7H10O2/c1-6-8-10(15-9(11)7-2)16(12-3,13-4)14-5;1-4-5-9-7(8)6(2)3/h7,10H,2,6,8H2,1,3-5H3;4H,1-2,5H2,3H3. The van der Waals surface area contributed by atoms with E-state index in [1.54, 1.807) is 6.92 Å². The van der Waals surface area contributed by atoms with E-state index in [1.165, 1.54) is 27.4 Å². The van der Waals surface area contributed by atoms with Crippen LogP contribution in [0.2, 0.25) is 0 Å². The first-order valence-electron chi connectivity index (χ1n) is 7.70. The maximum absolute atomic E-state index is 11.2. The van der Waals surface area contributed by atoms with Crippen LogP contribution in [0.25, 0.3) is 0 Å². The van der Waals surface area contributed by atoms with Crippen molar-refractivity contribution in [2.75, 3.05) is 27.9 Å². The van der Waals surface area contributed by atoms with Crippen LogP contribution >= 0.6 is 0 Å². The molecule has 0 aliphatic rings. The molecule has 0 aromatic rings. The molecule has 0 saturated carbocycles. The first-order chi connectivity index (χ1) is 11.8. The molecule has 7 nitrogen and oxygen atoms in total. The molecule has 0 aromatic carbocycles. The minimum Gasteiger partial charge on any atom is -0.458 e. The average Bonchev–Trinajstić information content (AvgIpc) is 2.61. The maximum Gasteiger partial charge on any atom is 0.543 e. The lowest BCUT2D eigenvalue weighted by atomic mass is 10.3. The first-order valence-corrected chi connectivity index (χ1v) is 9.50. The van der Waals surface area contributed by atoms with Crippen molar-refractivity contribution in [1.82, 2.24) is 0 Å². The number of hydrogen-bond acceptors (Lipinski definition) is 7. The molecule has 144 valence electrons. The predicted octanol–water partition coefficient (Wildman–Crippen LogP) is 2.59. The van der Waals surface area contributed by atoms with Crippen LogP contribution in [0.3, 0.4) is 0 Å². The lowest BCUT2D eigenvalue weighted by Gasteiger charge is -2.31. The smallest absolute Gasteiger partial charge is 0.458 e. The average molecular weight is 375 g/mol. The van der Waals surface area contributed by atoms with Crippen LogP contribution in [0.4, 0.5) is 0 Å². The Morgan fingerprint density at radius 1 is 1.12 bits per heavy atom. The predicted molar refractivity (Wildman–Crippen MR) is 97.7 cm³/mol. The molecule has 0 heterocycles. The van der Waals surface area contributed by atoms with Gasteiger partial charge in [-0.25, -0.2) is 9.59 Å². The number of ether oxygens (including phenoxy) is 2. The molecule has 0 aromatic heterocycles. The van der Waals surface area contributed by atoms with Crippen LogP contribution < -0.4 is 0 Å². The Morgan fingerprint density at radius 2 is 1.64 bits per heavy atom. The van der Waals surface area contributed by atoms with Gasteiger partial charge in [0.2, 0.25) is 0 Å². The van der Waals surface area contributed by atoms with Crippen LogP contribution in [-0.2, 0) is 32.3 Å². The summed E-state index contributed by atoms with van der Waals surface area (Å²) in [5.41, 5.74) is -0.0835. The van der Waals surface area contributed by atoms with E-state index in [4.69, 9.17) is 18.0 Å². The molecule has 8 heteroatoms. The Hall–Kier alpha value is -1.74. The summed E-state index contributed by atoms with van der Waals surface area (Å²) in [5.74, 6) is -0.864. The molecule has 0 spiro atoms. The monoisotopic (exact) mass is 374 g/mol. The van der Waals surface area contributed by atoms with Gasteiger partial charge in [0.15, 0.2) is 5.73 Å². The van der Waals surface area contributed by atoms with Crippen LogP contribution in [-0.4, -0.2) is 54.4 Å². The van der Waals surface area contributed by atoms with Crippen molar-refractivity contribution in [3.8, 4) is 0 Å². The van der Waals surface area contributed by atoms with Crippen molar-refractivity contribution in [1.29, 1.82) is 0 Å². The summed E-state index contributed by atoms with van der Waals surface area (Å²) in [6.45, 7) is 14.0. The molecule has 0 radical (unpaired) electrons. The van der Waals surface area contributed by atoms with E-state index in [2.05, 4.69) is 24.5 Å².